The fourth-order valence-corrected chi connectivity index (χ4v) is 2.01. The average molecular weight is 249 g/mol. The first kappa shape index (κ1) is 12.9. The maximum absolute atomic E-state index is 12.2. The lowest BCUT2D eigenvalue weighted by molar-refractivity contribution is 0.0921. The van der Waals surface area contributed by atoms with Crippen LogP contribution in [0, 0.1) is 5.92 Å². The average Bonchev–Trinajstić information content (AvgIpc) is 2.64. The molecule has 0 aromatic heterocycles. The minimum atomic E-state index is -0.116. The molecule has 1 aromatic carbocycles. The number of benzene rings is 1. The second-order valence-electron chi connectivity index (χ2n) is 4.42. The van der Waals surface area contributed by atoms with Crippen LogP contribution in [0.1, 0.15) is 30.1 Å². The number of rotatable bonds is 4. The van der Waals surface area contributed by atoms with Gasteiger partial charge in [-0.25, -0.2) is 0 Å². The highest BCUT2D eigenvalue weighted by atomic mass is 16.5. The van der Waals surface area contributed by atoms with E-state index in [1.54, 1.807) is 18.2 Å². The predicted octanol–water partition coefficient (Wildman–Crippen LogP) is 2.02. The van der Waals surface area contributed by atoms with Gasteiger partial charge in [-0.15, -0.1) is 0 Å². The molecule has 4 nitrogen and oxygen atoms in total. The van der Waals surface area contributed by atoms with E-state index in [1.807, 2.05) is 6.92 Å². The lowest BCUT2D eigenvalue weighted by Gasteiger charge is -2.13. The highest BCUT2D eigenvalue weighted by molar-refractivity contribution is 5.98. The fraction of sp³-hybridized carbons (Fsp3) is 0.500. The Morgan fingerprint density at radius 3 is 2.72 bits per heavy atom. The van der Waals surface area contributed by atoms with Gasteiger partial charge in [0, 0.05) is 24.4 Å². The van der Waals surface area contributed by atoms with Crippen LogP contribution in [0.15, 0.2) is 18.2 Å². The van der Waals surface area contributed by atoms with Gasteiger partial charge in [-0.3, -0.25) is 4.79 Å². The van der Waals surface area contributed by atoms with E-state index in [0.717, 1.165) is 12.8 Å². The summed E-state index contributed by atoms with van der Waals surface area (Å²) in [6.07, 6.45) is 1.61. The van der Waals surface area contributed by atoms with Gasteiger partial charge in [0.15, 0.2) is 17.3 Å². The molecule has 1 heterocycles. The molecular weight excluding hydrogens is 230 g/mol. The van der Waals surface area contributed by atoms with Crippen molar-refractivity contribution in [3.05, 3.63) is 23.8 Å². The van der Waals surface area contributed by atoms with Crippen LogP contribution in [0.25, 0.3) is 0 Å². The molecule has 18 heavy (non-hydrogen) atoms. The SMILES string of the molecule is CCC(CN)C(=O)c1ccc2c(c1)OCCCO2. The van der Waals surface area contributed by atoms with Gasteiger partial charge < -0.3 is 15.2 Å². The second-order valence-corrected chi connectivity index (χ2v) is 4.42. The Labute approximate surface area is 107 Å². The van der Waals surface area contributed by atoms with Crippen LogP contribution in [0.3, 0.4) is 0 Å². The molecule has 1 atom stereocenters. The largest absolute Gasteiger partial charge is 0.490 e. The van der Waals surface area contributed by atoms with Crippen molar-refractivity contribution in [2.75, 3.05) is 19.8 Å². The zero-order chi connectivity index (χ0) is 13.0. The number of carbonyl (C=O) groups excluding carboxylic acids is 1. The molecule has 2 rings (SSSR count). The Kier molecular flexibility index (Phi) is 4.20. The standard InChI is InChI=1S/C14H19NO3/c1-2-10(9-15)14(16)11-4-5-12-13(8-11)18-7-3-6-17-12/h4-5,8,10H,2-3,6-7,9,15H2,1H3. The zero-order valence-electron chi connectivity index (χ0n) is 10.6. The van der Waals surface area contributed by atoms with E-state index in [1.165, 1.54) is 0 Å². The number of Topliss-reactive ketones (excluding diaryl/α,β-unsaturated/α-hetero) is 1. The van der Waals surface area contributed by atoms with Crippen LogP contribution in [-0.2, 0) is 0 Å². The highest BCUT2D eigenvalue weighted by Gasteiger charge is 2.19. The van der Waals surface area contributed by atoms with E-state index in [-0.39, 0.29) is 11.7 Å². The maximum atomic E-state index is 12.2. The van der Waals surface area contributed by atoms with Crippen molar-refractivity contribution >= 4 is 5.78 Å². The molecule has 0 saturated heterocycles. The van der Waals surface area contributed by atoms with Gasteiger partial charge in [0.1, 0.15) is 0 Å². The van der Waals surface area contributed by atoms with Crippen molar-refractivity contribution < 1.29 is 14.3 Å². The zero-order valence-corrected chi connectivity index (χ0v) is 10.6. The quantitative estimate of drug-likeness (QED) is 0.829. The van der Waals surface area contributed by atoms with Crippen molar-refractivity contribution in [3.8, 4) is 11.5 Å². The normalized spacial score (nSPS) is 15.9. The van der Waals surface area contributed by atoms with E-state index < -0.39 is 0 Å². The number of hydrogen-bond donors (Lipinski definition) is 1. The molecule has 2 N–H and O–H groups in total. The van der Waals surface area contributed by atoms with E-state index in [0.29, 0.717) is 36.8 Å². The Morgan fingerprint density at radius 1 is 1.33 bits per heavy atom. The summed E-state index contributed by atoms with van der Waals surface area (Å²) < 4.78 is 11.1. The van der Waals surface area contributed by atoms with E-state index in [9.17, 15) is 4.79 Å². The molecule has 0 aliphatic carbocycles. The maximum Gasteiger partial charge on any atom is 0.167 e. The minimum absolute atomic E-state index is 0.0793. The summed E-state index contributed by atoms with van der Waals surface area (Å²) in [5, 5.41) is 0. The number of fused-ring (bicyclic) bond motifs is 1. The molecule has 0 spiro atoms. The first-order valence-corrected chi connectivity index (χ1v) is 6.40. The van der Waals surface area contributed by atoms with Gasteiger partial charge in [0.2, 0.25) is 0 Å². The van der Waals surface area contributed by atoms with Crippen molar-refractivity contribution in [1.29, 1.82) is 0 Å². The van der Waals surface area contributed by atoms with E-state index in [4.69, 9.17) is 15.2 Å². The summed E-state index contributed by atoms with van der Waals surface area (Å²) in [4.78, 5) is 12.2. The minimum Gasteiger partial charge on any atom is -0.490 e. The predicted molar refractivity (Wildman–Crippen MR) is 69.2 cm³/mol. The van der Waals surface area contributed by atoms with Gasteiger partial charge >= 0.3 is 0 Å². The number of hydrogen-bond acceptors (Lipinski definition) is 4. The molecule has 0 fully saturated rings. The van der Waals surface area contributed by atoms with Gasteiger partial charge in [0.25, 0.3) is 0 Å². The number of nitrogens with two attached hydrogens (primary N) is 1. The number of ketones is 1. The third kappa shape index (κ3) is 2.64. The smallest absolute Gasteiger partial charge is 0.167 e. The monoisotopic (exact) mass is 249 g/mol. The Balaban J connectivity index is 2.24. The van der Waals surface area contributed by atoms with Crippen molar-refractivity contribution in [2.45, 2.75) is 19.8 Å². The molecule has 1 unspecified atom stereocenters. The van der Waals surface area contributed by atoms with Crippen LogP contribution in [0.4, 0.5) is 0 Å². The van der Waals surface area contributed by atoms with Crippen molar-refractivity contribution in [3.63, 3.8) is 0 Å². The summed E-state index contributed by atoms with van der Waals surface area (Å²) in [6.45, 7) is 3.63. The van der Waals surface area contributed by atoms with Gasteiger partial charge in [0.05, 0.1) is 13.2 Å². The molecule has 0 amide bonds. The summed E-state index contributed by atoms with van der Waals surface area (Å²) in [6, 6.07) is 5.35. The molecular formula is C14H19NO3. The Morgan fingerprint density at radius 2 is 2.06 bits per heavy atom. The van der Waals surface area contributed by atoms with Gasteiger partial charge in [-0.2, -0.15) is 0 Å². The number of ether oxygens (including phenoxy) is 2. The van der Waals surface area contributed by atoms with Crippen LogP contribution in [0.5, 0.6) is 11.5 Å². The molecule has 0 bridgehead atoms. The second kappa shape index (κ2) is 5.87. The fourth-order valence-electron chi connectivity index (χ4n) is 2.01. The molecule has 4 heteroatoms. The Hall–Kier alpha value is -1.55. The van der Waals surface area contributed by atoms with Gasteiger partial charge in [-0.05, 0) is 24.6 Å². The molecule has 0 saturated carbocycles. The summed E-state index contributed by atoms with van der Waals surface area (Å²) >= 11 is 0. The topological polar surface area (TPSA) is 61.6 Å². The first-order valence-electron chi connectivity index (χ1n) is 6.40. The van der Waals surface area contributed by atoms with Crippen LogP contribution < -0.4 is 15.2 Å². The van der Waals surface area contributed by atoms with Crippen LogP contribution in [-0.4, -0.2) is 25.5 Å². The third-order valence-electron chi connectivity index (χ3n) is 3.18. The van der Waals surface area contributed by atoms with Crippen LogP contribution >= 0.6 is 0 Å². The molecule has 0 radical (unpaired) electrons. The van der Waals surface area contributed by atoms with Crippen LogP contribution in [0.2, 0.25) is 0 Å². The molecule has 1 aliphatic rings. The third-order valence-corrected chi connectivity index (χ3v) is 3.18. The highest BCUT2D eigenvalue weighted by Crippen LogP contribution is 2.31. The van der Waals surface area contributed by atoms with E-state index in [2.05, 4.69) is 0 Å². The van der Waals surface area contributed by atoms with Crippen molar-refractivity contribution in [2.24, 2.45) is 11.7 Å². The lowest BCUT2D eigenvalue weighted by Crippen LogP contribution is -2.23. The van der Waals surface area contributed by atoms with Crippen molar-refractivity contribution in [1.82, 2.24) is 0 Å². The Bertz CT molecular complexity index is 427. The molecule has 1 aliphatic heterocycles. The number of carbonyl (C=O) groups is 1. The summed E-state index contributed by atoms with van der Waals surface area (Å²) in [7, 11) is 0. The van der Waals surface area contributed by atoms with Gasteiger partial charge in [-0.1, -0.05) is 6.92 Å². The summed E-state index contributed by atoms with van der Waals surface area (Å²) in [5.74, 6) is 1.33. The first-order chi connectivity index (χ1) is 8.76. The summed E-state index contributed by atoms with van der Waals surface area (Å²) in [5.41, 5.74) is 6.26. The van der Waals surface area contributed by atoms with E-state index >= 15 is 0 Å². The molecule has 98 valence electrons. The molecule has 1 aromatic rings. The lowest BCUT2D eigenvalue weighted by atomic mass is 9.95.